The number of nitrogens with two attached hydrogens (primary N) is 1. The van der Waals surface area contributed by atoms with Gasteiger partial charge in [0, 0.05) is 28.3 Å². The topological polar surface area (TPSA) is 125 Å². The van der Waals surface area contributed by atoms with Gasteiger partial charge >= 0.3 is 0 Å². The number of aromatic amines is 1. The second-order valence-electron chi connectivity index (χ2n) is 8.00. The number of amides is 2. The maximum atomic E-state index is 13.2. The predicted octanol–water partition coefficient (Wildman–Crippen LogP) is 4.38. The van der Waals surface area contributed by atoms with Crippen molar-refractivity contribution in [2.45, 2.75) is 19.3 Å². The van der Waals surface area contributed by atoms with Crippen molar-refractivity contribution in [2.75, 3.05) is 5.32 Å². The molecule has 4 N–H and O–H groups in total. The van der Waals surface area contributed by atoms with Crippen LogP contribution in [0.1, 0.15) is 40.1 Å². The van der Waals surface area contributed by atoms with Crippen LogP contribution in [0.3, 0.4) is 0 Å². The molecule has 0 aliphatic rings. The fraction of sp³-hybridized carbons (Fsp3) is 0.120. The van der Waals surface area contributed by atoms with Crippen LogP contribution in [-0.4, -0.2) is 21.8 Å². The minimum absolute atomic E-state index is 0.226. The molecule has 32 heavy (non-hydrogen) atoms. The summed E-state index contributed by atoms with van der Waals surface area (Å²) in [7, 11) is 0. The van der Waals surface area contributed by atoms with E-state index in [1.807, 2.05) is 38.1 Å². The highest BCUT2D eigenvalue weighted by Crippen LogP contribution is 2.32. The van der Waals surface area contributed by atoms with E-state index in [4.69, 9.17) is 5.73 Å². The number of benzene rings is 2. The van der Waals surface area contributed by atoms with Crippen molar-refractivity contribution in [3.05, 3.63) is 83.7 Å². The molecule has 0 saturated carbocycles. The zero-order chi connectivity index (χ0) is 22.9. The molecule has 7 nitrogen and oxygen atoms in total. The van der Waals surface area contributed by atoms with E-state index in [1.165, 1.54) is 0 Å². The number of nitrogens with zero attached hydrogens (tertiary/aromatic N) is 2. The Morgan fingerprint density at radius 1 is 1.09 bits per heavy atom. The highest BCUT2D eigenvalue weighted by Gasteiger charge is 2.23. The SMILES string of the molecule is CC(C)(C#N)c1cccc(-c2c(C(N)=O)cccc2C(=O)Nc2cnc3[nH]ccc3c2)c1. The molecule has 0 radical (unpaired) electrons. The minimum atomic E-state index is -0.738. The van der Waals surface area contributed by atoms with E-state index >= 15 is 0 Å². The van der Waals surface area contributed by atoms with Crippen LogP contribution in [0.4, 0.5) is 5.69 Å². The summed E-state index contributed by atoms with van der Waals surface area (Å²) in [5.41, 5.74) is 8.48. The van der Waals surface area contributed by atoms with Gasteiger partial charge in [0.2, 0.25) is 5.91 Å². The summed E-state index contributed by atoms with van der Waals surface area (Å²) in [6.07, 6.45) is 3.33. The highest BCUT2D eigenvalue weighted by atomic mass is 16.2. The summed E-state index contributed by atoms with van der Waals surface area (Å²) >= 11 is 0. The largest absolute Gasteiger partial charge is 0.366 e. The number of nitriles is 1. The fourth-order valence-corrected chi connectivity index (χ4v) is 3.59. The van der Waals surface area contributed by atoms with Gasteiger partial charge in [0.15, 0.2) is 0 Å². The normalized spacial score (nSPS) is 11.2. The number of hydrogen-bond donors (Lipinski definition) is 3. The molecular formula is C25H21N5O2. The molecule has 0 fully saturated rings. The number of primary amides is 1. The Morgan fingerprint density at radius 3 is 2.59 bits per heavy atom. The zero-order valence-corrected chi connectivity index (χ0v) is 17.6. The lowest BCUT2D eigenvalue weighted by atomic mass is 9.83. The summed E-state index contributed by atoms with van der Waals surface area (Å²) in [6, 6.07) is 18.0. The molecule has 7 heteroatoms. The Bertz CT molecular complexity index is 1390. The Morgan fingerprint density at radius 2 is 1.84 bits per heavy atom. The van der Waals surface area contributed by atoms with Crippen LogP contribution in [0.2, 0.25) is 0 Å². The smallest absolute Gasteiger partial charge is 0.256 e. The number of nitrogens with one attached hydrogen (secondary N) is 2. The molecule has 0 atom stereocenters. The first-order chi connectivity index (χ1) is 15.3. The molecular weight excluding hydrogens is 402 g/mol. The van der Waals surface area contributed by atoms with E-state index in [0.717, 1.165) is 16.6 Å². The predicted molar refractivity (Wildman–Crippen MR) is 123 cm³/mol. The molecule has 4 aromatic rings. The van der Waals surface area contributed by atoms with Gasteiger partial charge in [-0.1, -0.05) is 24.3 Å². The van der Waals surface area contributed by atoms with E-state index in [-0.39, 0.29) is 5.56 Å². The summed E-state index contributed by atoms with van der Waals surface area (Å²) in [6.45, 7) is 3.62. The Kier molecular flexibility index (Phi) is 5.21. The van der Waals surface area contributed by atoms with E-state index in [2.05, 4.69) is 21.4 Å². The van der Waals surface area contributed by atoms with Gasteiger partial charge in [0.25, 0.3) is 5.91 Å². The van der Waals surface area contributed by atoms with Gasteiger partial charge < -0.3 is 16.0 Å². The standard InChI is InChI=1S/C25H21N5O2/c1-25(2,14-26)17-6-3-5-15(11-17)21-19(22(27)31)7-4-8-20(21)24(32)30-18-12-16-9-10-28-23(16)29-13-18/h3-13H,1-2H3,(H2,27,31)(H,28,29)(H,30,32). The van der Waals surface area contributed by atoms with Crippen molar-refractivity contribution in [1.29, 1.82) is 5.26 Å². The van der Waals surface area contributed by atoms with Gasteiger partial charge in [-0.3, -0.25) is 9.59 Å². The van der Waals surface area contributed by atoms with Crippen molar-refractivity contribution in [3.8, 4) is 17.2 Å². The highest BCUT2D eigenvalue weighted by molar-refractivity contribution is 6.13. The van der Waals surface area contributed by atoms with Gasteiger partial charge in [-0.15, -0.1) is 0 Å². The lowest BCUT2D eigenvalue weighted by Gasteiger charge is -2.19. The number of fused-ring (bicyclic) bond motifs is 1. The number of carbonyl (C=O) groups is 2. The van der Waals surface area contributed by atoms with E-state index in [9.17, 15) is 14.9 Å². The van der Waals surface area contributed by atoms with E-state index < -0.39 is 17.2 Å². The summed E-state index contributed by atoms with van der Waals surface area (Å²) < 4.78 is 0. The third-order valence-electron chi connectivity index (χ3n) is 5.38. The van der Waals surface area contributed by atoms with Crippen LogP contribution < -0.4 is 11.1 Å². The van der Waals surface area contributed by atoms with Gasteiger partial charge in [0.1, 0.15) is 5.65 Å². The molecule has 0 aliphatic heterocycles. The lowest BCUT2D eigenvalue weighted by Crippen LogP contribution is -2.18. The maximum Gasteiger partial charge on any atom is 0.256 e. The molecule has 2 aromatic carbocycles. The molecule has 0 bridgehead atoms. The van der Waals surface area contributed by atoms with Crippen LogP contribution >= 0.6 is 0 Å². The molecule has 158 valence electrons. The first kappa shape index (κ1) is 20.8. The monoisotopic (exact) mass is 423 g/mol. The van der Waals surface area contributed by atoms with Gasteiger partial charge in [-0.2, -0.15) is 5.26 Å². The second kappa shape index (κ2) is 8.00. The maximum absolute atomic E-state index is 13.2. The number of carbonyl (C=O) groups excluding carboxylic acids is 2. The molecule has 0 unspecified atom stereocenters. The van der Waals surface area contributed by atoms with Crippen LogP contribution in [0, 0.1) is 11.3 Å². The Balaban J connectivity index is 1.81. The van der Waals surface area contributed by atoms with Crippen LogP contribution in [-0.2, 0) is 5.41 Å². The molecule has 2 heterocycles. The van der Waals surface area contributed by atoms with Gasteiger partial charge in [-0.25, -0.2) is 4.98 Å². The average molecular weight is 423 g/mol. The van der Waals surface area contributed by atoms with E-state index in [0.29, 0.717) is 22.4 Å². The summed E-state index contributed by atoms with van der Waals surface area (Å²) in [5, 5.41) is 13.2. The number of rotatable bonds is 5. The molecule has 0 aliphatic carbocycles. The minimum Gasteiger partial charge on any atom is -0.366 e. The lowest BCUT2D eigenvalue weighted by molar-refractivity contribution is 0.100. The second-order valence-corrected chi connectivity index (χ2v) is 8.00. The van der Waals surface area contributed by atoms with Gasteiger partial charge in [-0.05, 0) is 55.3 Å². The molecule has 0 spiro atoms. The molecule has 2 amide bonds. The Hall–Kier alpha value is -4.44. The number of pyridine rings is 1. The summed E-state index contributed by atoms with van der Waals surface area (Å²) in [4.78, 5) is 32.7. The third kappa shape index (κ3) is 3.82. The van der Waals surface area contributed by atoms with Crippen molar-refractivity contribution in [1.82, 2.24) is 9.97 Å². The van der Waals surface area contributed by atoms with Crippen LogP contribution in [0.5, 0.6) is 0 Å². The molecule has 0 saturated heterocycles. The quantitative estimate of drug-likeness (QED) is 0.440. The Labute approximate surface area is 184 Å². The molecule has 4 rings (SSSR count). The number of H-pyrrole nitrogens is 1. The number of anilines is 1. The van der Waals surface area contributed by atoms with Crippen molar-refractivity contribution in [2.24, 2.45) is 5.73 Å². The average Bonchev–Trinajstić information content (AvgIpc) is 3.26. The summed E-state index contributed by atoms with van der Waals surface area (Å²) in [5.74, 6) is -1.04. The van der Waals surface area contributed by atoms with Gasteiger partial charge in [0.05, 0.1) is 23.4 Å². The van der Waals surface area contributed by atoms with Crippen LogP contribution in [0.15, 0.2) is 67.0 Å². The number of aromatic nitrogens is 2. The van der Waals surface area contributed by atoms with Crippen molar-refractivity contribution < 1.29 is 9.59 Å². The van der Waals surface area contributed by atoms with Crippen molar-refractivity contribution in [3.63, 3.8) is 0 Å². The van der Waals surface area contributed by atoms with Crippen LogP contribution in [0.25, 0.3) is 22.2 Å². The first-order valence-corrected chi connectivity index (χ1v) is 9.99. The zero-order valence-electron chi connectivity index (χ0n) is 17.6. The van der Waals surface area contributed by atoms with E-state index in [1.54, 1.807) is 42.7 Å². The van der Waals surface area contributed by atoms with Crippen molar-refractivity contribution >= 4 is 28.5 Å². The fourth-order valence-electron chi connectivity index (χ4n) is 3.59. The number of hydrogen-bond acceptors (Lipinski definition) is 4. The first-order valence-electron chi connectivity index (χ1n) is 9.99. The molecule has 2 aromatic heterocycles. The third-order valence-corrected chi connectivity index (χ3v) is 5.38.